The van der Waals surface area contributed by atoms with Gasteiger partial charge in [-0.25, -0.2) is 8.78 Å². The predicted octanol–water partition coefficient (Wildman–Crippen LogP) is 4.19. The van der Waals surface area contributed by atoms with Crippen LogP contribution in [0.25, 0.3) is 0 Å². The summed E-state index contributed by atoms with van der Waals surface area (Å²) in [6.07, 6.45) is 4.39. The third-order valence-corrected chi connectivity index (χ3v) is 6.01. The Kier molecular flexibility index (Phi) is 5.73. The quantitative estimate of drug-likeness (QED) is 0.719. The second kappa shape index (κ2) is 8.30. The number of benzene rings is 1. The zero-order chi connectivity index (χ0) is 21.4. The van der Waals surface area contributed by atoms with E-state index in [9.17, 15) is 18.4 Å². The summed E-state index contributed by atoms with van der Waals surface area (Å²) in [6, 6.07) is 4.15. The highest BCUT2D eigenvalue weighted by molar-refractivity contribution is 6.30. The van der Waals surface area contributed by atoms with Crippen LogP contribution in [0.5, 0.6) is 0 Å². The molecule has 2 fully saturated rings. The van der Waals surface area contributed by atoms with Crippen LogP contribution in [0, 0.1) is 24.5 Å². The normalized spacial score (nSPS) is 19.6. The van der Waals surface area contributed by atoms with E-state index < -0.39 is 23.7 Å². The van der Waals surface area contributed by atoms with E-state index in [1.54, 1.807) is 18.3 Å². The van der Waals surface area contributed by atoms with Crippen molar-refractivity contribution in [2.45, 2.75) is 44.7 Å². The van der Waals surface area contributed by atoms with Gasteiger partial charge in [0.15, 0.2) is 0 Å². The molecule has 0 unspecified atom stereocenters. The van der Waals surface area contributed by atoms with E-state index in [-0.39, 0.29) is 28.3 Å². The van der Waals surface area contributed by atoms with Crippen molar-refractivity contribution in [3.63, 3.8) is 0 Å². The minimum absolute atomic E-state index is 0.0352. The maximum Gasteiger partial charge on any atom is 0.273 e. The Hall–Kier alpha value is -2.54. The molecule has 30 heavy (non-hydrogen) atoms. The van der Waals surface area contributed by atoms with Gasteiger partial charge in [0.05, 0.1) is 11.1 Å². The number of nitrogens with zero attached hydrogens (tertiary/aromatic N) is 2. The Balaban J connectivity index is 1.54. The molecule has 8 heteroatoms. The van der Waals surface area contributed by atoms with Crippen molar-refractivity contribution in [1.82, 2.24) is 15.2 Å². The van der Waals surface area contributed by atoms with Crippen LogP contribution >= 0.6 is 11.6 Å². The van der Waals surface area contributed by atoms with Crippen LogP contribution in [-0.4, -0.2) is 34.3 Å². The molecule has 1 saturated heterocycles. The van der Waals surface area contributed by atoms with Crippen LogP contribution in [0.4, 0.5) is 8.78 Å². The Morgan fingerprint density at radius 3 is 2.67 bits per heavy atom. The molecule has 1 aromatic heterocycles. The van der Waals surface area contributed by atoms with Gasteiger partial charge in [0.1, 0.15) is 23.4 Å². The summed E-state index contributed by atoms with van der Waals surface area (Å²) in [5, 5.41) is 2.57. The lowest BCUT2D eigenvalue weighted by molar-refractivity contribution is -0.125. The summed E-state index contributed by atoms with van der Waals surface area (Å²) >= 11 is 5.67. The highest BCUT2D eigenvalue weighted by Gasteiger charge is 2.40. The number of hydrogen-bond donors (Lipinski definition) is 1. The molecule has 1 aliphatic carbocycles. The molecule has 0 bridgehead atoms. The minimum atomic E-state index is -0.726. The number of rotatable bonds is 5. The molecule has 2 heterocycles. The minimum Gasteiger partial charge on any atom is -0.347 e. The monoisotopic (exact) mass is 433 g/mol. The number of amides is 2. The second-order valence-electron chi connectivity index (χ2n) is 7.99. The number of aryl methyl sites for hydroxylation is 1. The van der Waals surface area contributed by atoms with Crippen molar-refractivity contribution in [3.05, 3.63) is 63.9 Å². The fourth-order valence-corrected chi connectivity index (χ4v) is 4.14. The lowest BCUT2D eigenvalue weighted by atomic mass is 10.0. The number of halogens is 3. The number of likely N-dealkylation sites (tertiary alicyclic amines) is 1. The number of carbonyl (C=O) groups is 2. The first-order valence-electron chi connectivity index (χ1n) is 10.0. The van der Waals surface area contributed by atoms with Crippen molar-refractivity contribution < 1.29 is 18.4 Å². The Morgan fingerprint density at radius 2 is 1.97 bits per heavy atom. The van der Waals surface area contributed by atoms with Crippen LogP contribution in [0.2, 0.25) is 5.02 Å². The zero-order valence-corrected chi connectivity index (χ0v) is 17.3. The van der Waals surface area contributed by atoms with Gasteiger partial charge in [-0.3, -0.25) is 14.6 Å². The van der Waals surface area contributed by atoms with Gasteiger partial charge in [0.2, 0.25) is 5.91 Å². The zero-order valence-electron chi connectivity index (χ0n) is 16.5. The summed E-state index contributed by atoms with van der Waals surface area (Å²) in [7, 11) is 0. The molecular formula is C22H22ClF2N3O2. The maximum atomic E-state index is 14.5. The first kappa shape index (κ1) is 20.7. The topological polar surface area (TPSA) is 62.3 Å². The molecule has 2 amide bonds. The van der Waals surface area contributed by atoms with E-state index in [0.29, 0.717) is 25.1 Å². The fraction of sp³-hybridized carbons (Fsp3) is 0.409. The van der Waals surface area contributed by atoms with Gasteiger partial charge in [0, 0.05) is 18.3 Å². The van der Waals surface area contributed by atoms with Crippen LogP contribution in [0.3, 0.4) is 0 Å². The van der Waals surface area contributed by atoms with Gasteiger partial charge in [-0.2, -0.15) is 0 Å². The second-order valence-corrected chi connectivity index (χ2v) is 8.39. The van der Waals surface area contributed by atoms with Crippen molar-refractivity contribution in [2.75, 3.05) is 6.54 Å². The molecule has 1 aliphatic heterocycles. The summed E-state index contributed by atoms with van der Waals surface area (Å²) in [6.45, 7) is 2.32. The third-order valence-electron chi connectivity index (χ3n) is 5.72. The number of nitrogens with one attached hydrogen (secondary N) is 1. The SMILES string of the molecule is Cc1ccnc(C(=O)N2CCC[C@@H]2C(=O)N[C@@H](c2cc(F)c(Cl)cc2F)C2CC2)c1. The van der Waals surface area contributed by atoms with E-state index in [4.69, 9.17) is 11.6 Å². The Bertz CT molecular complexity index is 996. The number of carbonyl (C=O) groups excluding carboxylic acids is 2. The van der Waals surface area contributed by atoms with Crippen LogP contribution in [-0.2, 0) is 4.79 Å². The van der Waals surface area contributed by atoms with Crippen molar-refractivity contribution in [1.29, 1.82) is 0 Å². The molecule has 1 aromatic carbocycles. The van der Waals surface area contributed by atoms with Crippen molar-refractivity contribution in [3.8, 4) is 0 Å². The average molecular weight is 434 g/mol. The number of hydrogen-bond acceptors (Lipinski definition) is 3. The van der Waals surface area contributed by atoms with E-state index >= 15 is 0 Å². The van der Waals surface area contributed by atoms with E-state index in [0.717, 1.165) is 30.5 Å². The van der Waals surface area contributed by atoms with Crippen LogP contribution < -0.4 is 5.32 Å². The number of aromatic nitrogens is 1. The Morgan fingerprint density at radius 1 is 1.20 bits per heavy atom. The highest BCUT2D eigenvalue weighted by atomic mass is 35.5. The molecular weight excluding hydrogens is 412 g/mol. The van der Waals surface area contributed by atoms with Gasteiger partial charge in [-0.15, -0.1) is 0 Å². The highest BCUT2D eigenvalue weighted by Crippen LogP contribution is 2.42. The molecule has 4 rings (SSSR count). The molecule has 2 atom stereocenters. The molecule has 5 nitrogen and oxygen atoms in total. The summed E-state index contributed by atoms with van der Waals surface area (Å²) in [5.74, 6) is -2.01. The molecule has 2 aliphatic rings. The van der Waals surface area contributed by atoms with E-state index in [1.807, 2.05) is 6.92 Å². The van der Waals surface area contributed by atoms with Gasteiger partial charge in [0.25, 0.3) is 5.91 Å². The molecule has 0 radical (unpaired) electrons. The van der Waals surface area contributed by atoms with Crippen molar-refractivity contribution >= 4 is 23.4 Å². The average Bonchev–Trinajstić information content (AvgIpc) is 3.44. The molecule has 158 valence electrons. The van der Waals surface area contributed by atoms with Crippen LogP contribution in [0.1, 0.15) is 53.3 Å². The molecule has 0 spiro atoms. The van der Waals surface area contributed by atoms with Gasteiger partial charge >= 0.3 is 0 Å². The third kappa shape index (κ3) is 4.17. The van der Waals surface area contributed by atoms with E-state index in [1.165, 1.54) is 4.90 Å². The smallest absolute Gasteiger partial charge is 0.273 e. The standard InChI is InChI=1S/C22H22ClF2N3O2/c1-12-6-7-26-18(9-12)22(30)28-8-2-3-19(28)21(29)27-20(13-4-5-13)14-10-17(25)15(23)11-16(14)24/h6-7,9-11,13,19-20H,2-5,8H2,1H3,(H,27,29)/t19-,20-/m1/s1. The maximum absolute atomic E-state index is 14.5. The molecule has 2 aromatic rings. The van der Waals surface area contributed by atoms with Gasteiger partial charge in [-0.05, 0) is 68.4 Å². The van der Waals surface area contributed by atoms with Crippen LogP contribution in [0.15, 0.2) is 30.5 Å². The first-order valence-corrected chi connectivity index (χ1v) is 10.4. The van der Waals surface area contributed by atoms with E-state index in [2.05, 4.69) is 10.3 Å². The fourth-order valence-electron chi connectivity index (χ4n) is 3.99. The molecule has 1 N–H and O–H groups in total. The Labute approximate surface area is 178 Å². The molecule has 1 saturated carbocycles. The first-order chi connectivity index (χ1) is 14.3. The number of pyridine rings is 1. The van der Waals surface area contributed by atoms with Crippen molar-refractivity contribution in [2.24, 2.45) is 5.92 Å². The summed E-state index contributed by atoms with van der Waals surface area (Å²) in [5.41, 5.74) is 1.28. The predicted molar refractivity (Wildman–Crippen MR) is 108 cm³/mol. The summed E-state index contributed by atoms with van der Waals surface area (Å²) in [4.78, 5) is 31.6. The largest absolute Gasteiger partial charge is 0.347 e. The summed E-state index contributed by atoms with van der Waals surface area (Å²) < 4.78 is 28.4. The lowest BCUT2D eigenvalue weighted by Crippen LogP contribution is -2.47. The van der Waals surface area contributed by atoms with Gasteiger partial charge in [-0.1, -0.05) is 11.6 Å². The van der Waals surface area contributed by atoms with Gasteiger partial charge < -0.3 is 10.2 Å². The lowest BCUT2D eigenvalue weighted by Gasteiger charge is -2.27.